The third-order valence-corrected chi connectivity index (χ3v) is 4.78. The molecule has 1 aromatic rings. The highest BCUT2D eigenvalue weighted by molar-refractivity contribution is 6.33. The van der Waals surface area contributed by atoms with Crippen molar-refractivity contribution in [3.8, 4) is 0 Å². The van der Waals surface area contributed by atoms with Gasteiger partial charge in [0.2, 0.25) is 0 Å². The quantitative estimate of drug-likeness (QED) is 0.921. The predicted octanol–water partition coefficient (Wildman–Crippen LogP) is 3.54. The van der Waals surface area contributed by atoms with Crippen LogP contribution >= 0.6 is 11.6 Å². The Morgan fingerprint density at radius 3 is 2.24 bits per heavy atom. The summed E-state index contributed by atoms with van der Waals surface area (Å²) in [5.74, 6) is 0. The molecule has 1 heterocycles. The maximum absolute atomic E-state index is 6.51. The van der Waals surface area contributed by atoms with Gasteiger partial charge >= 0.3 is 0 Å². The number of anilines is 1. The Hall–Kier alpha value is -0.770. The molecular formula is C17H28ClN3. The number of hydrogen-bond acceptors (Lipinski definition) is 3. The fourth-order valence-corrected chi connectivity index (χ4v) is 3.14. The van der Waals surface area contributed by atoms with E-state index in [0.29, 0.717) is 6.04 Å². The summed E-state index contributed by atoms with van der Waals surface area (Å²) in [7, 11) is 1.97. The van der Waals surface area contributed by atoms with E-state index in [1.165, 1.54) is 5.56 Å². The largest absolute Gasteiger partial charge is 0.368 e. The molecule has 1 N–H and O–H groups in total. The number of benzene rings is 1. The van der Waals surface area contributed by atoms with Gasteiger partial charge in [0.1, 0.15) is 0 Å². The Morgan fingerprint density at radius 2 is 1.76 bits per heavy atom. The average Bonchev–Trinajstić information content (AvgIpc) is 2.45. The van der Waals surface area contributed by atoms with Crippen LogP contribution in [0.3, 0.4) is 0 Å². The van der Waals surface area contributed by atoms with Crippen molar-refractivity contribution in [2.75, 3.05) is 38.1 Å². The van der Waals surface area contributed by atoms with E-state index in [-0.39, 0.29) is 5.54 Å². The molecule has 0 amide bonds. The van der Waals surface area contributed by atoms with Gasteiger partial charge in [0.15, 0.2) is 0 Å². The van der Waals surface area contributed by atoms with Gasteiger partial charge in [-0.05, 0) is 52.4 Å². The van der Waals surface area contributed by atoms with E-state index in [1.807, 2.05) is 7.05 Å². The van der Waals surface area contributed by atoms with Crippen molar-refractivity contribution in [1.29, 1.82) is 0 Å². The topological polar surface area (TPSA) is 18.5 Å². The van der Waals surface area contributed by atoms with Gasteiger partial charge in [0.25, 0.3) is 0 Å². The fourth-order valence-electron chi connectivity index (χ4n) is 2.83. The number of halogens is 1. The van der Waals surface area contributed by atoms with Gasteiger partial charge in [-0.2, -0.15) is 0 Å². The van der Waals surface area contributed by atoms with E-state index in [2.05, 4.69) is 61.0 Å². The zero-order chi connectivity index (χ0) is 15.6. The molecule has 0 bridgehead atoms. The number of rotatable bonds is 3. The highest BCUT2D eigenvalue weighted by atomic mass is 35.5. The molecular weight excluding hydrogens is 282 g/mol. The fraction of sp³-hybridized carbons (Fsp3) is 0.647. The summed E-state index contributed by atoms with van der Waals surface area (Å²) in [6.45, 7) is 13.3. The molecule has 118 valence electrons. The summed E-state index contributed by atoms with van der Waals surface area (Å²) < 4.78 is 0. The van der Waals surface area contributed by atoms with Gasteiger partial charge in [0.05, 0.1) is 10.7 Å². The van der Waals surface area contributed by atoms with Crippen molar-refractivity contribution in [1.82, 2.24) is 10.2 Å². The van der Waals surface area contributed by atoms with Crippen LogP contribution < -0.4 is 10.2 Å². The Labute approximate surface area is 134 Å². The molecule has 1 aromatic carbocycles. The Morgan fingerprint density at radius 1 is 1.14 bits per heavy atom. The standard InChI is InChI=1S/C17H28ClN3/c1-13(19-5)14-6-7-16(15(18)12-14)20-8-10-21(11-9-20)17(2,3)4/h6-7,12-13,19H,8-11H2,1-5H3. The van der Waals surface area contributed by atoms with Gasteiger partial charge < -0.3 is 10.2 Å². The number of nitrogens with zero attached hydrogens (tertiary/aromatic N) is 2. The van der Waals surface area contributed by atoms with Crippen molar-refractivity contribution in [2.45, 2.75) is 39.3 Å². The lowest BCUT2D eigenvalue weighted by atomic mass is 10.0. The molecule has 1 aliphatic rings. The van der Waals surface area contributed by atoms with Crippen molar-refractivity contribution >= 4 is 17.3 Å². The summed E-state index contributed by atoms with van der Waals surface area (Å²) in [6, 6.07) is 6.76. The molecule has 1 aliphatic heterocycles. The minimum atomic E-state index is 0.252. The Balaban J connectivity index is 2.07. The predicted molar refractivity (Wildman–Crippen MR) is 92.5 cm³/mol. The van der Waals surface area contributed by atoms with Crippen LogP contribution in [-0.2, 0) is 0 Å². The monoisotopic (exact) mass is 309 g/mol. The smallest absolute Gasteiger partial charge is 0.0642 e. The Kier molecular flexibility index (Phi) is 5.18. The molecule has 0 saturated carbocycles. The van der Waals surface area contributed by atoms with Crippen LogP contribution in [0, 0.1) is 0 Å². The first-order valence-electron chi connectivity index (χ1n) is 7.79. The number of nitrogens with one attached hydrogen (secondary N) is 1. The first-order valence-corrected chi connectivity index (χ1v) is 8.17. The second-order valence-electron chi connectivity index (χ2n) is 6.87. The molecule has 1 unspecified atom stereocenters. The molecule has 3 nitrogen and oxygen atoms in total. The first kappa shape index (κ1) is 16.6. The Bertz CT molecular complexity index is 473. The molecule has 1 atom stereocenters. The SMILES string of the molecule is CNC(C)c1ccc(N2CCN(C(C)(C)C)CC2)c(Cl)c1. The van der Waals surface area contributed by atoms with Crippen molar-refractivity contribution in [2.24, 2.45) is 0 Å². The average molecular weight is 310 g/mol. The maximum atomic E-state index is 6.51. The van der Waals surface area contributed by atoms with Crippen LogP contribution in [0.4, 0.5) is 5.69 Å². The highest BCUT2D eigenvalue weighted by Crippen LogP contribution is 2.30. The molecule has 0 aromatic heterocycles. The second-order valence-corrected chi connectivity index (χ2v) is 7.27. The molecule has 2 rings (SSSR count). The van der Waals surface area contributed by atoms with Crippen molar-refractivity contribution < 1.29 is 0 Å². The van der Waals surface area contributed by atoms with Crippen molar-refractivity contribution in [3.63, 3.8) is 0 Å². The molecule has 0 spiro atoms. The first-order chi connectivity index (χ1) is 9.82. The van der Waals surface area contributed by atoms with Crippen LogP contribution in [0.15, 0.2) is 18.2 Å². The van der Waals surface area contributed by atoms with Crippen LogP contribution in [0.25, 0.3) is 0 Å². The van der Waals surface area contributed by atoms with Gasteiger partial charge in [-0.15, -0.1) is 0 Å². The van der Waals surface area contributed by atoms with E-state index < -0.39 is 0 Å². The van der Waals surface area contributed by atoms with E-state index in [4.69, 9.17) is 11.6 Å². The lowest BCUT2D eigenvalue weighted by molar-refractivity contribution is 0.128. The molecule has 0 aliphatic carbocycles. The van der Waals surface area contributed by atoms with Crippen LogP contribution in [0.1, 0.15) is 39.3 Å². The van der Waals surface area contributed by atoms with E-state index in [0.717, 1.165) is 36.9 Å². The molecule has 1 saturated heterocycles. The van der Waals surface area contributed by atoms with Gasteiger partial charge in [-0.25, -0.2) is 0 Å². The minimum Gasteiger partial charge on any atom is -0.368 e. The van der Waals surface area contributed by atoms with Crippen LogP contribution in [-0.4, -0.2) is 43.7 Å². The molecule has 1 fully saturated rings. The second kappa shape index (κ2) is 6.55. The molecule has 4 heteroatoms. The summed E-state index contributed by atoms with van der Waals surface area (Å²) in [6.07, 6.45) is 0. The van der Waals surface area contributed by atoms with Gasteiger partial charge in [0, 0.05) is 37.8 Å². The third-order valence-electron chi connectivity index (χ3n) is 4.47. The third kappa shape index (κ3) is 3.91. The highest BCUT2D eigenvalue weighted by Gasteiger charge is 2.26. The van der Waals surface area contributed by atoms with E-state index in [1.54, 1.807) is 0 Å². The lowest BCUT2D eigenvalue weighted by Crippen LogP contribution is -2.53. The minimum absolute atomic E-state index is 0.252. The summed E-state index contributed by atoms with van der Waals surface area (Å²) in [4.78, 5) is 4.94. The number of piperazine rings is 1. The van der Waals surface area contributed by atoms with Crippen molar-refractivity contribution in [3.05, 3.63) is 28.8 Å². The zero-order valence-corrected chi connectivity index (χ0v) is 14.7. The maximum Gasteiger partial charge on any atom is 0.0642 e. The normalized spacial score (nSPS) is 18.9. The van der Waals surface area contributed by atoms with E-state index in [9.17, 15) is 0 Å². The summed E-state index contributed by atoms with van der Waals surface area (Å²) in [5.41, 5.74) is 2.65. The molecule has 21 heavy (non-hydrogen) atoms. The zero-order valence-electron chi connectivity index (χ0n) is 13.9. The lowest BCUT2D eigenvalue weighted by Gasteiger charge is -2.43. The van der Waals surface area contributed by atoms with Crippen LogP contribution in [0.5, 0.6) is 0 Å². The summed E-state index contributed by atoms with van der Waals surface area (Å²) >= 11 is 6.51. The van der Waals surface area contributed by atoms with E-state index >= 15 is 0 Å². The van der Waals surface area contributed by atoms with Crippen LogP contribution in [0.2, 0.25) is 5.02 Å². The van der Waals surface area contributed by atoms with Gasteiger partial charge in [-0.1, -0.05) is 17.7 Å². The number of hydrogen-bond donors (Lipinski definition) is 1. The van der Waals surface area contributed by atoms with Gasteiger partial charge in [-0.3, -0.25) is 4.90 Å². The summed E-state index contributed by atoms with van der Waals surface area (Å²) in [5, 5.41) is 4.11. The molecule has 0 radical (unpaired) electrons.